The lowest BCUT2D eigenvalue weighted by Gasteiger charge is -2.15. The molecule has 0 radical (unpaired) electrons. The molecule has 0 aliphatic rings. The first kappa shape index (κ1) is 17.1. The minimum Gasteiger partial charge on any atom is -0.481 e. The monoisotopic (exact) mass is 312 g/mol. The highest BCUT2D eigenvalue weighted by Crippen LogP contribution is 2.16. The Hall–Kier alpha value is -1.95. The van der Waals surface area contributed by atoms with Crippen molar-refractivity contribution in [1.82, 2.24) is 4.72 Å². The molecule has 0 bridgehead atoms. The average molecular weight is 312 g/mol. The van der Waals surface area contributed by atoms with Crippen molar-refractivity contribution in [3.8, 4) is 6.07 Å². The molecule has 21 heavy (non-hydrogen) atoms. The zero-order chi connectivity index (χ0) is 16.0. The minimum atomic E-state index is -3.84. The highest BCUT2D eigenvalue weighted by Gasteiger charge is 2.20. The van der Waals surface area contributed by atoms with Gasteiger partial charge in [-0.15, -0.1) is 0 Å². The fraction of sp³-hybridized carbons (Fsp3) is 0.385. The van der Waals surface area contributed by atoms with E-state index in [9.17, 15) is 13.2 Å². The Bertz CT molecular complexity index is 664. The van der Waals surface area contributed by atoms with E-state index in [1.54, 1.807) is 6.92 Å². The van der Waals surface area contributed by atoms with Crippen molar-refractivity contribution in [2.45, 2.75) is 24.3 Å². The lowest BCUT2D eigenvalue weighted by atomic mass is 10.2. The number of nitriles is 1. The van der Waals surface area contributed by atoms with Gasteiger partial charge in [-0.2, -0.15) is 5.26 Å². The van der Waals surface area contributed by atoms with Crippen molar-refractivity contribution in [2.75, 3.05) is 13.7 Å². The largest absolute Gasteiger partial charge is 0.481 e. The Morgan fingerprint density at radius 2 is 2.19 bits per heavy atom. The summed E-state index contributed by atoms with van der Waals surface area (Å²) in [4.78, 5) is 10.6. The van der Waals surface area contributed by atoms with E-state index in [-0.39, 0.29) is 23.4 Å². The molecule has 0 saturated carbocycles. The molecule has 0 aliphatic heterocycles. The molecule has 0 saturated heterocycles. The molecule has 0 aromatic heterocycles. The quantitative estimate of drug-likeness (QED) is 0.763. The average Bonchev–Trinajstić information content (AvgIpc) is 2.43. The molecule has 0 aliphatic carbocycles. The van der Waals surface area contributed by atoms with Crippen LogP contribution < -0.4 is 4.72 Å². The maximum absolute atomic E-state index is 12.2. The molecule has 0 amide bonds. The van der Waals surface area contributed by atoms with E-state index in [0.29, 0.717) is 5.56 Å². The van der Waals surface area contributed by atoms with Crippen LogP contribution in [0, 0.1) is 18.3 Å². The molecular weight excluding hydrogens is 296 g/mol. The second-order valence-electron chi connectivity index (χ2n) is 4.40. The van der Waals surface area contributed by atoms with E-state index in [4.69, 9.17) is 15.1 Å². The number of hydrogen-bond acceptors (Lipinski definition) is 5. The molecule has 7 nitrogen and oxygen atoms in total. The third kappa shape index (κ3) is 4.82. The smallest absolute Gasteiger partial charge is 0.306 e. The molecular formula is C13H16N2O5S. The molecule has 1 aromatic carbocycles. The van der Waals surface area contributed by atoms with Crippen LogP contribution in [0.1, 0.15) is 17.5 Å². The minimum absolute atomic E-state index is 0.00766. The van der Waals surface area contributed by atoms with E-state index in [1.165, 1.54) is 25.3 Å². The van der Waals surface area contributed by atoms with Gasteiger partial charge in [0.05, 0.1) is 29.1 Å². The van der Waals surface area contributed by atoms with E-state index in [0.717, 1.165) is 0 Å². The van der Waals surface area contributed by atoms with Gasteiger partial charge in [0.25, 0.3) is 0 Å². The van der Waals surface area contributed by atoms with Crippen LogP contribution in [0.3, 0.4) is 0 Å². The summed E-state index contributed by atoms with van der Waals surface area (Å²) in [5.74, 6) is -1.08. The Morgan fingerprint density at radius 1 is 1.52 bits per heavy atom. The molecule has 8 heteroatoms. The predicted octanol–water partition coefficient (Wildman–Crippen LogP) is 0.635. The van der Waals surface area contributed by atoms with Crippen molar-refractivity contribution in [2.24, 2.45) is 0 Å². The summed E-state index contributed by atoms with van der Waals surface area (Å²) in [5.41, 5.74) is 0.725. The second kappa shape index (κ2) is 7.17. The van der Waals surface area contributed by atoms with Gasteiger partial charge in [-0.05, 0) is 24.6 Å². The van der Waals surface area contributed by atoms with Crippen LogP contribution in [0.2, 0.25) is 0 Å². The van der Waals surface area contributed by atoms with Gasteiger partial charge >= 0.3 is 5.97 Å². The molecule has 1 rings (SSSR count). The number of sulfonamides is 1. The zero-order valence-electron chi connectivity index (χ0n) is 11.7. The maximum Gasteiger partial charge on any atom is 0.306 e. The van der Waals surface area contributed by atoms with Gasteiger partial charge < -0.3 is 9.84 Å². The van der Waals surface area contributed by atoms with Gasteiger partial charge in [0.15, 0.2) is 0 Å². The van der Waals surface area contributed by atoms with Gasteiger partial charge in [0.2, 0.25) is 10.0 Å². The molecule has 0 heterocycles. The number of aryl methyl sites for hydroxylation is 1. The number of benzene rings is 1. The topological polar surface area (TPSA) is 116 Å². The van der Waals surface area contributed by atoms with Crippen LogP contribution in [0.15, 0.2) is 23.1 Å². The van der Waals surface area contributed by atoms with Crippen LogP contribution in [0.4, 0.5) is 0 Å². The van der Waals surface area contributed by atoms with Gasteiger partial charge in [-0.1, -0.05) is 6.07 Å². The molecule has 1 aromatic rings. The van der Waals surface area contributed by atoms with E-state index in [2.05, 4.69) is 4.72 Å². The number of aliphatic carboxylic acids is 1. The normalized spacial score (nSPS) is 12.6. The number of nitrogens with one attached hydrogen (secondary N) is 1. The number of carboxylic acids is 1. The second-order valence-corrected chi connectivity index (χ2v) is 6.13. The van der Waals surface area contributed by atoms with E-state index >= 15 is 0 Å². The molecule has 1 unspecified atom stereocenters. The first-order valence-corrected chi connectivity index (χ1v) is 7.53. The van der Waals surface area contributed by atoms with E-state index in [1.807, 2.05) is 6.07 Å². The number of hydrogen-bond donors (Lipinski definition) is 2. The lowest BCUT2D eigenvalue weighted by Crippen LogP contribution is -2.34. The Kier molecular flexibility index (Phi) is 5.84. The highest BCUT2D eigenvalue weighted by molar-refractivity contribution is 7.89. The zero-order valence-corrected chi connectivity index (χ0v) is 12.5. The van der Waals surface area contributed by atoms with Crippen molar-refractivity contribution in [1.29, 1.82) is 5.26 Å². The maximum atomic E-state index is 12.2. The van der Waals surface area contributed by atoms with Gasteiger partial charge in [-0.3, -0.25) is 4.79 Å². The number of rotatable bonds is 7. The number of ether oxygens (including phenoxy) is 1. The van der Waals surface area contributed by atoms with Gasteiger partial charge in [0, 0.05) is 13.7 Å². The summed E-state index contributed by atoms with van der Waals surface area (Å²) >= 11 is 0. The van der Waals surface area contributed by atoms with Gasteiger partial charge in [0.1, 0.15) is 0 Å². The summed E-state index contributed by atoms with van der Waals surface area (Å²) < 4.78 is 31.6. The molecule has 114 valence electrons. The summed E-state index contributed by atoms with van der Waals surface area (Å²) in [5, 5.41) is 17.5. The first-order chi connectivity index (χ1) is 9.80. The summed E-state index contributed by atoms with van der Waals surface area (Å²) in [6.07, 6.45) is -1.08. The fourth-order valence-corrected chi connectivity index (χ4v) is 3.01. The third-order valence-electron chi connectivity index (χ3n) is 2.84. The number of methoxy groups -OCH3 is 1. The number of carboxylic acid groups (broad SMARTS) is 1. The summed E-state index contributed by atoms with van der Waals surface area (Å²) in [7, 11) is -2.53. The van der Waals surface area contributed by atoms with Gasteiger partial charge in [-0.25, -0.2) is 13.1 Å². The Labute approximate surface area is 123 Å². The van der Waals surface area contributed by atoms with Crippen molar-refractivity contribution in [3.05, 3.63) is 29.3 Å². The summed E-state index contributed by atoms with van der Waals surface area (Å²) in [6.45, 7) is 1.45. The van der Waals surface area contributed by atoms with Crippen LogP contribution in [0.25, 0.3) is 0 Å². The fourth-order valence-electron chi connectivity index (χ4n) is 1.67. The van der Waals surface area contributed by atoms with Crippen LogP contribution >= 0.6 is 0 Å². The van der Waals surface area contributed by atoms with Crippen molar-refractivity contribution in [3.63, 3.8) is 0 Å². The SMILES string of the molecule is COC(CNS(=O)(=O)c1cc(C#N)ccc1C)CC(=O)O. The molecule has 0 spiro atoms. The van der Waals surface area contributed by atoms with Crippen molar-refractivity contribution >= 4 is 16.0 Å². The standard InChI is InChI=1S/C13H16N2O5S/c1-9-3-4-10(7-14)5-12(9)21(18,19)15-8-11(20-2)6-13(16)17/h3-5,11,15H,6,8H2,1-2H3,(H,16,17). The highest BCUT2D eigenvalue weighted by atomic mass is 32.2. The van der Waals surface area contributed by atoms with E-state index < -0.39 is 22.1 Å². The predicted molar refractivity (Wildman–Crippen MR) is 74.1 cm³/mol. The molecule has 2 N–H and O–H groups in total. The summed E-state index contributed by atoms with van der Waals surface area (Å²) in [6, 6.07) is 6.21. The van der Waals surface area contributed by atoms with Crippen LogP contribution in [-0.4, -0.2) is 39.3 Å². The third-order valence-corrected chi connectivity index (χ3v) is 4.41. The Morgan fingerprint density at radius 3 is 2.71 bits per heavy atom. The number of carbonyl (C=O) groups is 1. The Balaban J connectivity index is 2.92. The lowest BCUT2D eigenvalue weighted by molar-refractivity contribution is -0.139. The van der Waals surface area contributed by atoms with Crippen LogP contribution in [-0.2, 0) is 19.6 Å². The molecule has 1 atom stereocenters. The van der Waals surface area contributed by atoms with Crippen LogP contribution in [0.5, 0.6) is 0 Å². The van der Waals surface area contributed by atoms with Crippen molar-refractivity contribution < 1.29 is 23.1 Å². The molecule has 0 fully saturated rings. The number of nitrogens with zero attached hydrogens (tertiary/aromatic N) is 1. The first-order valence-electron chi connectivity index (χ1n) is 6.05.